The Morgan fingerprint density at radius 3 is 2.95 bits per heavy atom. The van der Waals surface area contributed by atoms with E-state index in [0.29, 0.717) is 0 Å². The first-order valence-corrected chi connectivity index (χ1v) is 7.57. The molecule has 2 atom stereocenters. The molecule has 1 aliphatic carbocycles. The van der Waals surface area contributed by atoms with E-state index in [1.807, 2.05) is 6.92 Å². The van der Waals surface area contributed by atoms with Gasteiger partial charge in [-0.25, -0.2) is 0 Å². The number of hydrogen-bond acceptors (Lipinski definition) is 2. The lowest BCUT2D eigenvalue weighted by Gasteiger charge is -2.35. The van der Waals surface area contributed by atoms with Gasteiger partial charge in [0, 0.05) is 18.7 Å². The van der Waals surface area contributed by atoms with Gasteiger partial charge in [-0.1, -0.05) is 26.2 Å². The SMILES string of the molecule is CCC1CCCC(C#N)(Cc2cc(C)nn2CC)C1. The number of nitriles is 1. The van der Waals surface area contributed by atoms with Crippen molar-refractivity contribution in [2.24, 2.45) is 11.3 Å². The second kappa shape index (κ2) is 5.77. The van der Waals surface area contributed by atoms with Gasteiger partial charge in [-0.05, 0) is 38.7 Å². The highest BCUT2D eigenvalue weighted by atomic mass is 15.3. The van der Waals surface area contributed by atoms with Crippen LogP contribution in [0.25, 0.3) is 0 Å². The van der Waals surface area contributed by atoms with Crippen LogP contribution in [0, 0.1) is 29.6 Å². The van der Waals surface area contributed by atoms with Crippen LogP contribution in [-0.4, -0.2) is 9.78 Å². The molecule has 2 rings (SSSR count). The fraction of sp³-hybridized carbons (Fsp3) is 0.750. The number of aryl methyl sites for hydroxylation is 2. The molecule has 0 radical (unpaired) electrons. The molecule has 1 fully saturated rings. The van der Waals surface area contributed by atoms with Gasteiger partial charge in [0.2, 0.25) is 0 Å². The maximum absolute atomic E-state index is 9.71. The minimum atomic E-state index is -0.154. The topological polar surface area (TPSA) is 41.6 Å². The van der Waals surface area contributed by atoms with Crippen molar-refractivity contribution in [3.8, 4) is 6.07 Å². The van der Waals surface area contributed by atoms with Crippen molar-refractivity contribution in [1.29, 1.82) is 5.26 Å². The molecule has 0 spiro atoms. The summed E-state index contributed by atoms with van der Waals surface area (Å²) in [5.74, 6) is 0.729. The largest absolute Gasteiger partial charge is 0.270 e. The van der Waals surface area contributed by atoms with Crippen LogP contribution in [0.1, 0.15) is 57.3 Å². The number of aromatic nitrogens is 2. The van der Waals surface area contributed by atoms with Crippen molar-refractivity contribution in [1.82, 2.24) is 9.78 Å². The fourth-order valence-corrected chi connectivity index (χ4v) is 3.50. The number of nitrogens with zero attached hydrogens (tertiary/aromatic N) is 3. The molecule has 3 nitrogen and oxygen atoms in total. The van der Waals surface area contributed by atoms with E-state index in [1.54, 1.807) is 0 Å². The van der Waals surface area contributed by atoms with E-state index in [1.165, 1.54) is 25.0 Å². The average Bonchev–Trinajstić information content (AvgIpc) is 2.78. The normalized spacial score (nSPS) is 27.2. The van der Waals surface area contributed by atoms with Crippen LogP contribution in [0.3, 0.4) is 0 Å². The molecule has 0 bridgehead atoms. The van der Waals surface area contributed by atoms with Gasteiger partial charge < -0.3 is 0 Å². The summed E-state index contributed by atoms with van der Waals surface area (Å²) in [6.45, 7) is 7.29. The van der Waals surface area contributed by atoms with Gasteiger partial charge in [0.05, 0.1) is 17.2 Å². The van der Waals surface area contributed by atoms with E-state index < -0.39 is 0 Å². The zero-order chi connectivity index (χ0) is 13.9. The third-order valence-electron chi connectivity index (χ3n) is 4.57. The Morgan fingerprint density at radius 2 is 2.32 bits per heavy atom. The van der Waals surface area contributed by atoms with E-state index in [9.17, 15) is 5.26 Å². The summed E-state index contributed by atoms with van der Waals surface area (Å²) in [5.41, 5.74) is 2.14. The van der Waals surface area contributed by atoms with E-state index in [-0.39, 0.29) is 5.41 Å². The van der Waals surface area contributed by atoms with Gasteiger partial charge in [0.25, 0.3) is 0 Å². The zero-order valence-corrected chi connectivity index (χ0v) is 12.4. The summed E-state index contributed by atoms with van der Waals surface area (Å²) < 4.78 is 2.06. The van der Waals surface area contributed by atoms with E-state index in [4.69, 9.17) is 0 Å². The Bertz CT molecular complexity index is 469. The highest BCUT2D eigenvalue weighted by Crippen LogP contribution is 2.42. The smallest absolute Gasteiger partial charge is 0.0693 e. The lowest BCUT2D eigenvalue weighted by Crippen LogP contribution is -2.30. The molecule has 104 valence electrons. The van der Waals surface area contributed by atoms with Crippen LogP contribution in [0.2, 0.25) is 0 Å². The summed E-state index contributed by atoms with van der Waals surface area (Å²) in [7, 11) is 0. The van der Waals surface area contributed by atoms with E-state index in [2.05, 4.69) is 35.8 Å². The molecule has 1 aromatic rings. The van der Waals surface area contributed by atoms with Crippen molar-refractivity contribution >= 4 is 0 Å². The molecule has 1 aromatic heterocycles. The van der Waals surface area contributed by atoms with Crippen molar-refractivity contribution in [2.45, 2.75) is 65.8 Å². The molecule has 1 aliphatic rings. The van der Waals surface area contributed by atoms with Crippen molar-refractivity contribution < 1.29 is 0 Å². The standard InChI is InChI=1S/C16H25N3/c1-4-14-7-6-8-16(10-14,12-17)11-15-9-13(3)18-19(15)5-2/h9,14H,4-8,10-11H2,1-3H3. The monoisotopic (exact) mass is 259 g/mol. The van der Waals surface area contributed by atoms with Crippen LogP contribution in [0.4, 0.5) is 0 Å². The lowest BCUT2D eigenvalue weighted by molar-refractivity contribution is 0.191. The zero-order valence-electron chi connectivity index (χ0n) is 12.4. The predicted octanol–water partition coefficient (Wildman–Crippen LogP) is 3.86. The first-order valence-electron chi connectivity index (χ1n) is 7.57. The molecule has 0 aliphatic heterocycles. The molecule has 1 saturated carbocycles. The Hall–Kier alpha value is -1.30. The van der Waals surface area contributed by atoms with Gasteiger partial charge in [-0.3, -0.25) is 4.68 Å². The van der Waals surface area contributed by atoms with Crippen LogP contribution in [-0.2, 0) is 13.0 Å². The van der Waals surface area contributed by atoms with Crippen molar-refractivity contribution in [2.75, 3.05) is 0 Å². The molecule has 0 amide bonds. The fourth-order valence-electron chi connectivity index (χ4n) is 3.50. The minimum Gasteiger partial charge on any atom is -0.270 e. The van der Waals surface area contributed by atoms with Crippen LogP contribution in [0.5, 0.6) is 0 Å². The molecule has 0 saturated heterocycles. The molecule has 19 heavy (non-hydrogen) atoms. The molecule has 3 heteroatoms. The Labute approximate surface area is 116 Å². The quantitative estimate of drug-likeness (QED) is 0.823. The molecule has 0 aromatic carbocycles. The van der Waals surface area contributed by atoms with E-state index >= 15 is 0 Å². The highest BCUT2D eigenvalue weighted by Gasteiger charge is 2.37. The summed E-state index contributed by atoms with van der Waals surface area (Å²) in [6.07, 6.45) is 6.68. The van der Waals surface area contributed by atoms with Crippen LogP contribution in [0.15, 0.2) is 6.07 Å². The Balaban J connectivity index is 2.20. The van der Waals surface area contributed by atoms with Gasteiger partial charge in [0.1, 0.15) is 0 Å². The van der Waals surface area contributed by atoms with Gasteiger partial charge in [-0.2, -0.15) is 10.4 Å². The number of hydrogen-bond donors (Lipinski definition) is 0. The maximum atomic E-state index is 9.71. The number of rotatable bonds is 4. The summed E-state index contributed by atoms with van der Waals surface area (Å²) in [5, 5.41) is 14.2. The van der Waals surface area contributed by atoms with Crippen molar-refractivity contribution in [3.05, 3.63) is 17.5 Å². The average molecular weight is 259 g/mol. The molecule has 2 unspecified atom stereocenters. The molecule has 1 heterocycles. The van der Waals surface area contributed by atoms with E-state index in [0.717, 1.165) is 37.4 Å². The maximum Gasteiger partial charge on any atom is 0.0693 e. The predicted molar refractivity (Wildman–Crippen MR) is 76.6 cm³/mol. The minimum absolute atomic E-state index is 0.154. The first-order chi connectivity index (χ1) is 9.12. The lowest BCUT2D eigenvalue weighted by atomic mass is 9.67. The molecule has 0 N–H and O–H groups in total. The van der Waals surface area contributed by atoms with Crippen molar-refractivity contribution in [3.63, 3.8) is 0 Å². The second-order valence-corrected chi connectivity index (χ2v) is 6.03. The van der Waals surface area contributed by atoms with Gasteiger partial charge >= 0.3 is 0 Å². The third kappa shape index (κ3) is 3.00. The molecular formula is C16H25N3. The van der Waals surface area contributed by atoms with Gasteiger partial charge in [0.15, 0.2) is 0 Å². The summed E-state index contributed by atoms with van der Waals surface area (Å²) in [6, 6.07) is 4.80. The highest BCUT2D eigenvalue weighted by molar-refractivity contribution is 5.16. The van der Waals surface area contributed by atoms with Gasteiger partial charge in [-0.15, -0.1) is 0 Å². The Morgan fingerprint density at radius 1 is 1.53 bits per heavy atom. The van der Waals surface area contributed by atoms with Crippen LogP contribution < -0.4 is 0 Å². The first kappa shape index (κ1) is 14.1. The molecular weight excluding hydrogens is 234 g/mol. The Kier molecular flexibility index (Phi) is 4.29. The van der Waals surface area contributed by atoms with Crippen LogP contribution >= 0.6 is 0 Å². The summed E-state index contributed by atoms with van der Waals surface area (Å²) in [4.78, 5) is 0. The third-order valence-corrected chi connectivity index (χ3v) is 4.57. The second-order valence-electron chi connectivity index (χ2n) is 6.03. The summed E-state index contributed by atoms with van der Waals surface area (Å²) >= 11 is 0.